The van der Waals surface area contributed by atoms with Crippen molar-refractivity contribution in [3.63, 3.8) is 0 Å². The summed E-state index contributed by atoms with van der Waals surface area (Å²) in [6, 6.07) is 3.23. The molecule has 0 aromatic heterocycles. The molecule has 0 radical (unpaired) electrons. The molecule has 1 aromatic carbocycles. The molecule has 1 aliphatic rings. The van der Waals surface area contributed by atoms with Crippen LogP contribution < -0.4 is 15.2 Å². The van der Waals surface area contributed by atoms with E-state index < -0.39 is 6.10 Å². The van der Waals surface area contributed by atoms with E-state index in [9.17, 15) is 9.90 Å². The number of hydrogen-bond donors (Lipinski definition) is 2. The fraction of sp³-hybridized carbons (Fsp3) is 0.364. The zero-order valence-electron chi connectivity index (χ0n) is 8.68. The number of fused-ring (bicyclic) bond motifs is 1. The Balaban J connectivity index is 2.52. The highest BCUT2D eigenvalue weighted by molar-refractivity contribution is 5.82. The molecule has 0 aliphatic carbocycles. The molecule has 2 rings (SSSR count). The Bertz CT molecular complexity index is 405. The van der Waals surface area contributed by atoms with Crippen LogP contribution in [0.25, 0.3) is 0 Å². The van der Waals surface area contributed by atoms with E-state index in [0.29, 0.717) is 42.1 Å². The second-order valence-electron chi connectivity index (χ2n) is 3.47. The van der Waals surface area contributed by atoms with Crippen LogP contribution in [0, 0.1) is 0 Å². The van der Waals surface area contributed by atoms with Crippen molar-refractivity contribution in [2.75, 3.05) is 19.8 Å². The number of hydrogen-bond acceptors (Lipinski definition) is 5. The number of aliphatic hydroxyl groups excluding tert-OH is 1. The predicted octanol–water partition coefficient (Wildman–Crippen LogP) is 0.262. The monoisotopic (exact) mass is 223 g/mol. The number of aldehydes is 1. The summed E-state index contributed by atoms with van der Waals surface area (Å²) in [5.41, 5.74) is 6.37. The van der Waals surface area contributed by atoms with Crippen LogP contribution in [0.3, 0.4) is 0 Å². The molecule has 0 saturated heterocycles. The molecule has 0 amide bonds. The normalized spacial score (nSPS) is 15.6. The van der Waals surface area contributed by atoms with Gasteiger partial charge < -0.3 is 20.3 Å². The third kappa shape index (κ3) is 1.75. The van der Waals surface area contributed by atoms with Gasteiger partial charge in [0.05, 0.1) is 11.7 Å². The second kappa shape index (κ2) is 4.51. The Morgan fingerprint density at radius 3 is 2.69 bits per heavy atom. The number of carbonyl (C=O) groups is 1. The molecular weight excluding hydrogens is 210 g/mol. The molecule has 1 unspecified atom stereocenters. The van der Waals surface area contributed by atoms with E-state index >= 15 is 0 Å². The van der Waals surface area contributed by atoms with E-state index in [-0.39, 0.29) is 6.54 Å². The van der Waals surface area contributed by atoms with Gasteiger partial charge in [-0.15, -0.1) is 0 Å². The van der Waals surface area contributed by atoms with E-state index in [1.807, 2.05) is 0 Å². The third-order valence-electron chi connectivity index (χ3n) is 2.46. The zero-order valence-corrected chi connectivity index (χ0v) is 8.68. The summed E-state index contributed by atoms with van der Waals surface area (Å²) in [4.78, 5) is 10.8. The van der Waals surface area contributed by atoms with Crippen LogP contribution in [0.1, 0.15) is 22.0 Å². The average molecular weight is 223 g/mol. The Labute approximate surface area is 92.8 Å². The van der Waals surface area contributed by atoms with Gasteiger partial charge in [0.1, 0.15) is 13.2 Å². The maximum absolute atomic E-state index is 10.8. The van der Waals surface area contributed by atoms with Crippen molar-refractivity contribution in [2.45, 2.75) is 6.10 Å². The number of nitrogens with two attached hydrogens (primary N) is 1. The van der Waals surface area contributed by atoms with Crippen molar-refractivity contribution in [1.82, 2.24) is 0 Å². The van der Waals surface area contributed by atoms with Crippen LogP contribution in [-0.2, 0) is 0 Å². The average Bonchev–Trinajstić information content (AvgIpc) is 2.36. The molecule has 16 heavy (non-hydrogen) atoms. The van der Waals surface area contributed by atoms with Crippen LogP contribution >= 0.6 is 0 Å². The van der Waals surface area contributed by atoms with Crippen LogP contribution in [0.5, 0.6) is 11.5 Å². The van der Waals surface area contributed by atoms with Gasteiger partial charge in [-0.1, -0.05) is 6.07 Å². The number of rotatable bonds is 3. The lowest BCUT2D eigenvalue weighted by atomic mass is 10.0. The zero-order chi connectivity index (χ0) is 11.5. The van der Waals surface area contributed by atoms with E-state index in [0.717, 1.165) is 0 Å². The quantitative estimate of drug-likeness (QED) is 0.718. The van der Waals surface area contributed by atoms with Crippen LogP contribution in [0.15, 0.2) is 12.1 Å². The predicted molar refractivity (Wildman–Crippen MR) is 56.8 cm³/mol. The highest BCUT2D eigenvalue weighted by Crippen LogP contribution is 2.39. The molecule has 1 aliphatic heterocycles. The van der Waals surface area contributed by atoms with Gasteiger partial charge in [0.2, 0.25) is 0 Å². The Hall–Kier alpha value is -1.59. The molecule has 3 N–H and O–H groups in total. The highest BCUT2D eigenvalue weighted by Gasteiger charge is 2.22. The molecule has 0 fully saturated rings. The van der Waals surface area contributed by atoms with Crippen LogP contribution in [-0.4, -0.2) is 31.2 Å². The number of benzene rings is 1. The Morgan fingerprint density at radius 2 is 2.06 bits per heavy atom. The van der Waals surface area contributed by atoms with Gasteiger partial charge in [0.25, 0.3) is 0 Å². The van der Waals surface area contributed by atoms with Crippen molar-refractivity contribution in [2.24, 2.45) is 5.73 Å². The van der Waals surface area contributed by atoms with Gasteiger partial charge in [-0.25, -0.2) is 0 Å². The molecule has 1 atom stereocenters. The van der Waals surface area contributed by atoms with Crippen LogP contribution in [0.2, 0.25) is 0 Å². The number of ether oxygens (including phenoxy) is 2. The van der Waals surface area contributed by atoms with Gasteiger partial charge in [0.15, 0.2) is 17.8 Å². The molecule has 0 spiro atoms. The standard InChI is InChI=1S/C11H13NO4/c12-5-9(14)8-2-1-7(6-13)10-11(8)16-4-3-15-10/h1-2,6,9,14H,3-5,12H2. The van der Waals surface area contributed by atoms with Gasteiger partial charge in [-0.3, -0.25) is 4.79 Å². The fourth-order valence-electron chi connectivity index (χ4n) is 1.66. The topological polar surface area (TPSA) is 81.8 Å². The van der Waals surface area contributed by atoms with E-state index in [1.165, 1.54) is 0 Å². The lowest BCUT2D eigenvalue weighted by Crippen LogP contribution is -2.20. The summed E-state index contributed by atoms with van der Waals surface area (Å²) in [6.07, 6.45) is -0.109. The molecule has 1 aromatic rings. The minimum atomic E-state index is -0.809. The Morgan fingerprint density at radius 1 is 1.38 bits per heavy atom. The minimum absolute atomic E-state index is 0.0935. The largest absolute Gasteiger partial charge is 0.486 e. The number of carbonyl (C=O) groups excluding carboxylic acids is 1. The van der Waals surface area contributed by atoms with E-state index in [1.54, 1.807) is 12.1 Å². The maximum Gasteiger partial charge on any atom is 0.172 e. The highest BCUT2D eigenvalue weighted by atomic mass is 16.6. The van der Waals surface area contributed by atoms with Crippen LogP contribution in [0.4, 0.5) is 0 Å². The van der Waals surface area contributed by atoms with Crippen molar-refractivity contribution >= 4 is 6.29 Å². The molecule has 0 saturated carbocycles. The Kier molecular flexibility index (Phi) is 3.07. The summed E-state index contributed by atoms with van der Waals surface area (Å²) < 4.78 is 10.8. The second-order valence-corrected chi connectivity index (χ2v) is 3.47. The SMILES string of the molecule is NCC(O)c1ccc(C=O)c2c1OCCO2. The van der Waals surface area contributed by atoms with Gasteiger partial charge >= 0.3 is 0 Å². The molecule has 86 valence electrons. The third-order valence-corrected chi connectivity index (χ3v) is 2.46. The minimum Gasteiger partial charge on any atom is -0.486 e. The molecule has 1 heterocycles. The number of aliphatic hydroxyl groups is 1. The lowest BCUT2D eigenvalue weighted by molar-refractivity contribution is 0.110. The smallest absolute Gasteiger partial charge is 0.172 e. The van der Waals surface area contributed by atoms with Crippen molar-refractivity contribution in [1.29, 1.82) is 0 Å². The molecule has 0 bridgehead atoms. The fourth-order valence-corrected chi connectivity index (χ4v) is 1.66. The summed E-state index contributed by atoms with van der Waals surface area (Å²) in [5.74, 6) is 0.819. The van der Waals surface area contributed by atoms with E-state index in [2.05, 4.69) is 0 Å². The first-order valence-corrected chi connectivity index (χ1v) is 5.03. The first-order chi connectivity index (χ1) is 7.77. The van der Waals surface area contributed by atoms with Gasteiger partial charge in [-0.05, 0) is 6.07 Å². The summed E-state index contributed by atoms with van der Waals surface area (Å²) in [5, 5.41) is 9.70. The summed E-state index contributed by atoms with van der Waals surface area (Å²) in [7, 11) is 0. The first-order valence-electron chi connectivity index (χ1n) is 5.03. The molecule has 5 nitrogen and oxygen atoms in total. The molecule has 5 heteroatoms. The van der Waals surface area contributed by atoms with Crippen molar-refractivity contribution in [3.05, 3.63) is 23.3 Å². The van der Waals surface area contributed by atoms with Crippen molar-refractivity contribution in [3.8, 4) is 11.5 Å². The molecular formula is C11H13NO4. The summed E-state index contributed by atoms with van der Waals surface area (Å²) >= 11 is 0. The lowest BCUT2D eigenvalue weighted by Gasteiger charge is -2.23. The van der Waals surface area contributed by atoms with Gasteiger partial charge in [-0.2, -0.15) is 0 Å². The summed E-state index contributed by atoms with van der Waals surface area (Å²) in [6.45, 7) is 0.895. The maximum atomic E-state index is 10.8. The van der Waals surface area contributed by atoms with Gasteiger partial charge in [0, 0.05) is 12.1 Å². The van der Waals surface area contributed by atoms with Crippen molar-refractivity contribution < 1.29 is 19.4 Å². The van der Waals surface area contributed by atoms with E-state index in [4.69, 9.17) is 15.2 Å². The first kappa shape index (κ1) is 10.9.